The van der Waals surface area contributed by atoms with Crippen molar-refractivity contribution >= 4 is 41.8 Å². The predicted octanol–water partition coefficient (Wildman–Crippen LogP) is 7.97. The van der Waals surface area contributed by atoms with Crippen LogP contribution in [0.2, 0.25) is 0 Å². The number of aromatic nitrogens is 10. The lowest BCUT2D eigenvalue weighted by atomic mass is 10.1. The number of carbonyl (C=O) groups excluding carboxylic acids is 7. The highest BCUT2D eigenvalue weighted by molar-refractivity contribution is 5.92. The normalized spacial score (nSPS) is 18.7. The van der Waals surface area contributed by atoms with Crippen LogP contribution >= 0.6 is 0 Å². The van der Waals surface area contributed by atoms with Crippen LogP contribution in [0.4, 0.5) is 14.0 Å². The first-order valence-corrected chi connectivity index (χ1v) is 43.7. The van der Waals surface area contributed by atoms with Gasteiger partial charge in [-0.05, 0) is 172 Å². The van der Waals surface area contributed by atoms with Crippen molar-refractivity contribution in [2.24, 2.45) is 5.73 Å². The first-order chi connectivity index (χ1) is 67.2. The van der Waals surface area contributed by atoms with Gasteiger partial charge in [-0.25, -0.2) is 18.8 Å². The highest BCUT2D eigenvalue weighted by atomic mass is 19.1. The second-order valence-electron chi connectivity index (χ2n) is 33.8. The summed E-state index contributed by atoms with van der Waals surface area (Å²) in [5.74, 6) is -2.78. The van der Waals surface area contributed by atoms with Gasteiger partial charge in [-0.2, -0.15) is 36.8 Å². The standard InChI is InChI=1S/C20H22FN5O4.2C17H16N6O3.C16H17N5O3.C12H9N3O3.C11H22N2O3/c1-20(2,3)30-19(28)26-11-14(8-15(26)9-21)23-16(27)18-25-24-17(29-18)13-6-4-5-12(7-13)10-22;2*1-25-9-14-6-13(8-23(14)10-19)20-15(24)17-22-21-16(26-17)12-4-2-3-11(5-12)7-18;1-23-9-13-6-12(8-18-13)19-14(22)16-21-20-15(24-16)11-4-2-3-10(5-11)7-17;1-2-17-12(16)11-15-14-10(18-11)9-5-3-4-8(6-9)7-13;1-11(2,3)16-10(14)13-6-8(12)5-9(13)7-15-4/h4-7,14-15H,8-9,11H2,1-3H3,(H,23,27);2*2-5,13-14H,6,8-9H2,1H3,(H,20,24);2-5,12-13,18H,6,8-9H2,1H3,(H,19,22);3-6H,2H2,1H3;8-9H,5-7,12H2,1-4H3/t14-,15+;2*13-,14+;12-,13+;;8-,9+/m1111.1/s1. The van der Waals surface area contributed by atoms with Crippen molar-refractivity contribution in [1.82, 2.24) is 97.2 Å². The molecule has 5 saturated heterocycles. The number of nitrogens with one attached hydrogen (secondary N) is 5. The van der Waals surface area contributed by atoms with Crippen LogP contribution in [0, 0.1) is 79.6 Å². The zero-order valence-corrected chi connectivity index (χ0v) is 78.2. The van der Waals surface area contributed by atoms with E-state index in [0.29, 0.717) is 121 Å². The van der Waals surface area contributed by atoms with Gasteiger partial charge in [-0.15, -0.1) is 51.0 Å². The number of halogens is 1. The number of benzene rings is 5. The molecule has 46 nitrogen and oxygen atoms in total. The van der Waals surface area contributed by atoms with Gasteiger partial charge in [-0.1, -0.05) is 30.3 Å². The molecule has 10 heterocycles. The van der Waals surface area contributed by atoms with Crippen LogP contribution in [0.5, 0.6) is 0 Å². The number of rotatable bonds is 24. The first-order valence-electron chi connectivity index (χ1n) is 43.7. The molecule has 0 radical (unpaired) electrons. The molecule has 730 valence electrons. The molecule has 6 amide bonds. The molecule has 10 atom stereocenters. The van der Waals surface area contributed by atoms with Crippen molar-refractivity contribution in [2.75, 3.05) is 101 Å². The summed E-state index contributed by atoms with van der Waals surface area (Å²) in [7, 11) is 6.41. The Morgan fingerprint density at radius 3 is 1.04 bits per heavy atom. The zero-order valence-electron chi connectivity index (χ0n) is 78.2. The molecule has 47 heteroatoms. The van der Waals surface area contributed by atoms with E-state index in [1.165, 1.54) is 4.90 Å². The van der Waals surface area contributed by atoms with E-state index < -0.39 is 65.7 Å². The van der Waals surface area contributed by atoms with E-state index in [9.17, 15) is 38.0 Å². The Morgan fingerprint density at radius 1 is 0.414 bits per heavy atom. The van der Waals surface area contributed by atoms with Crippen molar-refractivity contribution in [3.63, 3.8) is 0 Å². The number of likely N-dealkylation sites (tertiary alicyclic amines) is 4. The molecule has 5 aliphatic rings. The van der Waals surface area contributed by atoms with E-state index in [1.807, 2.05) is 51.1 Å². The molecule has 5 aromatic carbocycles. The molecule has 0 saturated carbocycles. The highest BCUT2D eigenvalue weighted by Gasteiger charge is 2.41. The summed E-state index contributed by atoms with van der Waals surface area (Å²) < 4.78 is 76.0. The largest absolute Gasteiger partial charge is 0.459 e. The van der Waals surface area contributed by atoms with Crippen molar-refractivity contribution in [2.45, 2.75) is 152 Å². The summed E-state index contributed by atoms with van der Waals surface area (Å²) in [6.45, 7) is 16.0. The summed E-state index contributed by atoms with van der Waals surface area (Å²) in [6, 6.07) is 42.0. The summed E-state index contributed by atoms with van der Waals surface area (Å²) in [6.07, 6.45) is 6.26. The lowest BCUT2D eigenvalue weighted by Crippen LogP contribution is -2.42. The molecular weight excluding hydrogens is 1820 g/mol. The molecule has 0 bridgehead atoms. The smallest absolute Gasteiger partial charge is 0.410 e. The van der Waals surface area contributed by atoms with Gasteiger partial charge in [-0.3, -0.25) is 19.2 Å². The Hall–Kier alpha value is -16.6. The Bertz CT molecular complexity index is 6090. The van der Waals surface area contributed by atoms with Gasteiger partial charge in [0.1, 0.15) is 17.9 Å². The minimum atomic E-state index is -0.744. The molecule has 15 rings (SSSR count). The summed E-state index contributed by atoms with van der Waals surface area (Å²) in [5, 5.41) is 115. The molecule has 5 aliphatic heterocycles. The first kappa shape index (κ1) is 105. The fourth-order valence-corrected chi connectivity index (χ4v) is 14.7. The predicted molar refractivity (Wildman–Crippen MR) is 485 cm³/mol. The maximum atomic E-state index is 13.4. The number of ether oxygens (including phenoxy) is 7. The molecule has 0 unspecified atom stereocenters. The Kier molecular flexibility index (Phi) is 38.3. The molecule has 7 N–H and O–H groups in total. The van der Waals surface area contributed by atoms with E-state index in [4.69, 9.17) is 97.8 Å². The molecule has 0 spiro atoms. The Morgan fingerprint density at radius 2 is 0.721 bits per heavy atom. The van der Waals surface area contributed by atoms with Crippen LogP contribution in [-0.2, 0) is 33.2 Å². The molecule has 5 fully saturated rings. The third kappa shape index (κ3) is 30.5. The van der Waals surface area contributed by atoms with E-state index in [-0.39, 0.29) is 133 Å². The maximum absolute atomic E-state index is 13.4. The minimum absolute atomic E-state index is 0.00471. The number of hydrogen-bond donors (Lipinski definition) is 6. The van der Waals surface area contributed by atoms with E-state index >= 15 is 0 Å². The van der Waals surface area contributed by atoms with Gasteiger partial charge in [0.05, 0.1) is 115 Å². The molecule has 5 aromatic heterocycles. The fraction of sp³-hybridized carbons (Fsp3) is 0.419. The third-order valence-electron chi connectivity index (χ3n) is 20.9. The van der Waals surface area contributed by atoms with Crippen molar-refractivity contribution in [3.05, 3.63) is 179 Å². The Balaban J connectivity index is 0.000000175. The number of hydrogen-bond acceptors (Lipinski definition) is 40. The van der Waals surface area contributed by atoms with Crippen LogP contribution in [0.1, 0.15) is 162 Å². The van der Waals surface area contributed by atoms with Crippen LogP contribution < -0.4 is 32.3 Å². The average molecular weight is 1920 g/mol. The number of amides is 6. The van der Waals surface area contributed by atoms with Gasteiger partial charge >= 0.3 is 71.2 Å². The monoisotopic (exact) mass is 1920 g/mol. The Labute approximate surface area is 802 Å². The maximum Gasteiger partial charge on any atom is 0.410 e. The molecule has 0 aliphatic carbocycles. The summed E-state index contributed by atoms with van der Waals surface area (Å²) in [4.78, 5) is 91.0. The minimum Gasteiger partial charge on any atom is -0.459 e. The average Bonchev–Trinajstić information content (AvgIpc) is 1.67. The third-order valence-corrected chi connectivity index (χ3v) is 20.9. The lowest BCUT2D eigenvalue weighted by Gasteiger charge is -2.28. The van der Waals surface area contributed by atoms with Crippen LogP contribution in [-0.4, -0.2) is 285 Å². The van der Waals surface area contributed by atoms with E-state index in [0.717, 1.165) is 12.8 Å². The quantitative estimate of drug-likeness (QED) is 0.0190. The summed E-state index contributed by atoms with van der Waals surface area (Å²) in [5.41, 5.74) is 9.77. The number of nitrogens with zero attached hydrogens (tertiary/aromatic N) is 21. The second kappa shape index (κ2) is 50.8. The highest BCUT2D eigenvalue weighted by Crippen LogP contribution is 2.30. The van der Waals surface area contributed by atoms with E-state index in [2.05, 4.69) is 90.0 Å². The number of carbonyl (C=O) groups is 7. The number of methoxy groups -OCH3 is 4. The van der Waals surface area contributed by atoms with Gasteiger partial charge in [0.15, 0.2) is 12.4 Å². The van der Waals surface area contributed by atoms with Gasteiger partial charge in [0.2, 0.25) is 29.5 Å². The van der Waals surface area contributed by atoms with E-state index in [1.54, 1.807) is 192 Å². The van der Waals surface area contributed by atoms with Gasteiger partial charge in [0.25, 0.3) is 0 Å². The molecule has 10 aromatic rings. The fourth-order valence-electron chi connectivity index (χ4n) is 14.7. The summed E-state index contributed by atoms with van der Waals surface area (Å²) >= 11 is 0. The van der Waals surface area contributed by atoms with Gasteiger partial charge in [0, 0.05) is 125 Å². The van der Waals surface area contributed by atoms with Crippen LogP contribution in [0.25, 0.3) is 57.3 Å². The van der Waals surface area contributed by atoms with Crippen molar-refractivity contribution in [1.29, 1.82) is 36.8 Å². The number of nitriles is 7. The van der Waals surface area contributed by atoms with Gasteiger partial charge < -0.3 is 107 Å². The zero-order chi connectivity index (χ0) is 101. The molecule has 140 heavy (non-hydrogen) atoms. The number of esters is 1. The van der Waals surface area contributed by atoms with Crippen LogP contribution in [0.3, 0.4) is 0 Å². The molecular formula is C93H102FN27O19. The van der Waals surface area contributed by atoms with Crippen molar-refractivity contribution in [3.8, 4) is 100 Å². The van der Waals surface area contributed by atoms with Crippen molar-refractivity contribution < 1.29 is 93.2 Å². The number of nitrogens with two attached hydrogens (primary N) is 1. The second-order valence-corrected chi connectivity index (χ2v) is 33.8. The van der Waals surface area contributed by atoms with Crippen LogP contribution in [0.15, 0.2) is 143 Å². The topological polar surface area (TPSA) is 644 Å². The lowest BCUT2D eigenvalue weighted by molar-refractivity contribution is 0.0145. The SMILES string of the molecule is CC(C)(C)OC(=O)N1C[C@H](NC(=O)c2nnc(-c3cccc(C#N)c3)o2)C[C@H]1CF.CCOC(=O)c1nnc(-c2cccc(C#N)c2)o1.COC[C@@H]1C[C@@H](N)CN1C(=O)OC(C)(C)C.COC[C@@H]1C[C@@H](NC(=O)c2nnc(-c3cccc(C#N)c3)o2)CN1.COC[C@@H]1C[C@@H](NC(=O)c2nnc(-c3cccc(C#N)c3)o2)CN1C#N.COC[C@@H]1C[C@@H](NC(=O)c2nnc(-c3cccc(C#N)c3)o2)CN1C#N. The number of alkyl halides is 1.